The average Bonchev–Trinajstić information content (AvgIpc) is 3.01. The Bertz CT molecular complexity index is 575. The largest absolute Gasteiger partial charge is 0.364 e. The molecule has 0 aliphatic carbocycles. The van der Waals surface area contributed by atoms with Gasteiger partial charge < -0.3 is 5.32 Å². The highest BCUT2D eigenvalue weighted by molar-refractivity contribution is 5.59. The summed E-state index contributed by atoms with van der Waals surface area (Å²) in [7, 11) is 0. The van der Waals surface area contributed by atoms with E-state index in [9.17, 15) is 10.1 Å². The fourth-order valence-corrected chi connectivity index (χ4v) is 2.07. The van der Waals surface area contributed by atoms with Crippen LogP contribution < -0.4 is 5.32 Å². The first kappa shape index (κ1) is 14.0. The highest BCUT2D eigenvalue weighted by atomic mass is 16.6. The van der Waals surface area contributed by atoms with E-state index in [1.165, 1.54) is 0 Å². The summed E-state index contributed by atoms with van der Waals surface area (Å²) in [6.07, 6.45) is 4.45. The lowest BCUT2D eigenvalue weighted by atomic mass is 10.3. The first-order chi connectivity index (χ1) is 9.63. The number of hydrogen-bond acceptors (Lipinski definition) is 5. The van der Waals surface area contributed by atoms with E-state index in [0.717, 1.165) is 13.0 Å². The first-order valence-electron chi connectivity index (χ1n) is 6.56. The van der Waals surface area contributed by atoms with E-state index >= 15 is 0 Å². The molecule has 8 heteroatoms. The SMILES string of the molecule is CCn1nc(C)c([N+](=O)[O-])c1NCCCn1cccn1. The van der Waals surface area contributed by atoms with Crippen LogP contribution in [0.4, 0.5) is 11.5 Å². The zero-order chi connectivity index (χ0) is 14.5. The predicted octanol–water partition coefficient (Wildman–Crippen LogP) is 1.82. The number of aryl methyl sites for hydroxylation is 3. The molecule has 0 spiro atoms. The molecule has 0 saturated carbocycles. The number of nitrogens with zero attached hydrogens (tertiary/aromatic N) is 5. The minimum atomic E-state index is -0.385. The van der Waals surface area contributed by atoms with E-state index in [-0.39, 0.29) is 10.6 Å². The lowest BCUT2D eigenvalue weighted by Gasteiger charge is -2.07. The minimum Gasteiger partial charge on any atom is -0.364 e. The van der Waals surface area contributed by atoms with Crippen LogP contribution in [0.1, 0.15) is 19.0 Å². The molecule has 0 radical (unpaired) electrons. The lowest BCUT2D eigenvalue weighted by Crippen LogP contribution is -2.11. The van der Waals surface area contributed by atoms with Crippen LogP contribution in [0.15, 0.2) is 18.5 Å². The smallest absolute Gasteiger partial charge is 0.333 e. The van der Waals surface area contributed by atoms with Gasteiger partial charge in [-0.05, 0) is 26.3 Å². The third-order valence-corrected chi connectivity index (χ3v) is 2.99. The van der Waals surface area contributed by atoms with Gasteiger partial charge in [-0.2, -0.15) is 10.2 Å². The summed E-state index contributed by atoms with van der Waals surface area (Å²) in [5.41, 5.74) is 0.498. The van der Waals surface area contributed by atoms with Crippen molar-refractivity contribution in [2.75, 3.05) is 11.9 Å². The van der Waals surface area contributed by atoms with Crippen molar-refractivity contribution >= 4 is 11.5 Å². The van der Waals surface area contributed by atoms with Gasteiger partial charge in [0.05, 0.1) is 4.92 Å². The first-order valence-corrected chi connectivity index (χ1v) is 6.56. The topological polar surface area (TPSA) is 90.8 Å². The molecule has 2 aromatic heterocycles. The van der Waals surface area contributed by atoms with E-state index in [4.69, 9.17) is 0 Å². The van der Waals surface area contributed by atoms with Gasteiger partial charge in [0.25, 0.3) is 0 Å². The molecule has 0 aliphatic rings. The fraction of sp³-hybridized carbons (Fsp3) is 0.500. The van der Waals surface area contributed by atoms with Gasteiger partial charge in [-0.15, -0.1) is 0 Å². The fourth-order valence-electron chi connectivity index (χ4n) is 2.07. The molecule has 2 rings (SSSR count). The van der Waals surface area contributed by atoms with E-state index in [1.54, 1.807) is 17.8 Å². The third kappa shape index (κ3) is 2.95. The minimum absolute atomic E-state index is 0.0611. The van der Waals surface area contributed by atoms with Crippen molar-refractivity contribution < 1.29 is 4.92 Å². The van der Waals surface area contributed by atoms with Gasteiger partial charge in [0.1, 0.15) is 5.69 Å². The van der Waals surface area contributed by atoms with E-state index in [1.807, 2.05) is 23.9 Å². The maximum absolute atomic E-state index is 11.1. The molecule has 8 nitrogen and oxygen atoms in total. The second-order valence-corrected chi connectivity index (χ2v) is 4.40. The molecule has 0 fully saturated rings. The van der Waals surface area contributed by atoms with Gasteiger partial charge in [-0.1, -0.05) is 0 Å². The van der Waals surface area contributed by atoms with Crippen LogP contribution in [-0.2, 0) is 13.1 Å². The van der Waals surface area contributed by atoms with Gasteiger partial charge in [0, 0.05) is 32.0 Å². The molecule has 0 amide bonds. The third-order valence-electron chi connectivity index (χ3n) is 2.99. The molecule has 0 bridgehead atoms. The van der Waals surface area contributed by atoms with Crippen LogP contribution in [0.3, 0.4) is 0 Å². The quantitative estimate of drug-likeness (QED) is 0.474. The van der Waals surface area contributed by atoms with Crippen molar-refractivity contribution in [3.63, 3.8) is 0 Å². The van der Waals surface area contributed by atoms with Crippen molar-refractivity contribution in [3.8, 4) is 0 Å². The van der Waals surface area contributed by atoms with Crippen LogP contribution in [0, 0.1) is 17.0 Å². The highest BCUT2D eigenvalue weighted by Gasteiger charge is 2.24. The van der Waals surface area contributed by atoms with Crippen molar-refractivity contribution in [2.24, 2.45) is 0 Å². The van der Waals surface area contributed by atoms with E-state index in [2.05, 4.69) is 15.5 Å². The van der Waals surface area contributed by atoms with Gasteiger partial charge >= 0.3 is 5.69 Å². The second kappa shape index (κ2) is 6.18. The Morgan fingerprint density at radius 3 is 2.90 bits per heavy atom. The predicted molar refractivity (Wildman–Crippen MR) is 74.6 cm³/mol. The summed E-state index contributed by atoms with van der Waals surface area (Å²) in [4.78, 5) is 10.7. The Balaban J connectivity index is 1.99. The van der Waals surface area contributed by atoms with Crippen molar-refractivity contribution in [1.29, 1.82) is 0 Å². The molecule has 108 valence electrons. The van der Waals surface area contributed by atoms with Gasteiger partial charge in [0.15, 0.2) is 0 Å². The molecule has 0 saturated heterocycles. The normalized spacial score (nSPS) is 10.7. The summed E-state index contributed by atoms with van der Waals surface area (Å²) >= 11 is 0. The zero-order valence-electron chi connectivity index (χ0n) is 11.6. The van der Waals surface area contributed by atoms with Crippen LogP contribution in [0.2, 0.25) is 0 Å². The van der Waals surface area contributed by atoms with E-state index < -0.39 is 0 Å². The molecule has 0 atom stereocenters. The van der Waals surface area contributed by atoms with Crippen molar-refractivity contribution in [3.05, 3.63) is 34.3 Å². The summed E-state index contributed by atoms with van der Waals surface area (Å²) in [6, 6.07) is 1.87. The molecular formula is C12H18N6O2. The standard InChI is InChI=1S/C12H18N6O2/c1-3-17-12(11(18(19)20)10(2)15-17)13-6-4-8-16-9-5-7-14-16/h5,7,9,13H,3-4,6,8H2,1-2H3. The summed E-state index contributed by atoms with van der Waals surface area (Å²) in [5.74, 6) is 0.482. The molecular weight excluding hydrogens is 260 g/mol. The number of anilines is 1. The number of nitro groups is 1. The Kier molecular flexibility index (Phi) is 4.34. The van der Waals surface area contributed by atoms with Crippen LogP contribution in [-0.4, -0.2) is 31.0 Å². The average molecular weight is 278 g/mol. The van der Waals surface area contributed by atoms with Crippen LogP contribution >= 0.6 is 0 Å². The summed E-state index contributed by atoms with van der Waals surface area (Å²) < 4.78 is 3.46. The summed E-state index contributed by atoms with van der Waals surface area (Å²) in [5, 5.41) is 22.5. The van der Waals surface area contributed by atoms with Gasteiger partial charge in [0.2, 0.25) is 5.82 Å². The monoisotopic (exact) mass is 278 g/mol. The van der Waals surface area contributed by atoms with Crippen LogP contribution in [0.25, 0.3) is 0 Å². The van der Waals surface area contributed by atoms with Crippen molar-refractivity contribution in [2.45, 2.75) is 33.4 Å². The number of rotatable bonds is 7. The second-order valence-electron chi connectivity index (χ2n) is 4.40. The molecule has 0 aliphatic heterocycles. The molecule has 2 aromatic rings. The maximum atomic E-state index is 11.1. The molecule has 20 heavy (non-hydrogen) atoms. The number of hydrogen-bond donors (Lipinski definition) is 1. The summed E-state index contributed by atoms with van der Waals surface area (Å²) in [6.45, 7) is 5.55. The number of nitrogens with one attached hydrogen (secondary N) is 1. The number of aromatic nitrogens is 4. The maximum Gasteiger partial charge on any atom is 0.333 e. The van der Waals surface area contributed by atoms with Crippen LogP contribution in [0.5, 0.6) is 0 Å². The van der Waals surface area contributed by atoms with Gasteiger partial charge in [-0.25, -0.2) is 4.68 Å². The molecule has 0 aromatic carbocycles. The van der Waals surface area contributed by atoms with Crippen molar-refractivity contribution in [1.82, 2.24) is 19.6 Å². The molecule has 0 unspecified atom stereocenters. The Morgan fingerprint density at radius 1 is 1.50 bits per heavy atom. The Morgan fingerprint density at radius 2 is 2.30 bits per heavy atom. The lowest BCUT2D eigenvalue weighted by molar-refractivity contribution is -0.384. The highest BCUT2D eigenvalue weighted by Crippen LogP contribution is 2.27. The molecule has 2 heterocycles. The van der Waals surface area contributed by atoms with Gasteiger partial charge in [-0.3, -0.25) is 14.8 Å². The Hall–Kier alpha value is -2.38. The molecule has 1 N–H and O–H groups in total. The zero-order valence-corrected chi connectivity index (χ0v) is 11.6. The Labute approximate surface area is 116 Å². The van der Waals surface area contributed by atoms with E-state index in [0.29, 0.717) is 24.6 Å².